The van der Waals surface area contributed by atoms with E-state index in [1.807, 2.05) is 0 Å². The van der Waals surface area contributed by atoms with Crippen LogP contribution in [0.1, 0.15) is 37.3 Å². The number of fused-ring (bicyclic) bond motifs is 1. The molecule has 3 heteroatoms. The number of ether oxygens (including phenoxy) is 1. The first-order valence-corrected chi connectivity index (χ1v) is 7.94. The molecule has 2 aliphatic rings. The number of benzene rings is 1. The van der Waals surface area contributed by atoms with Crippen molar-refractivity contribution in [3.8, 4) is 0 Å². The van der Waals surface area contributed by atoms with Gasteiger partial charge in [-0.15, -0.1) is 0 Å². The number of aryl methyl sites for hydroxylation is 1. The lowest BCUT2D eigenvalue weighted by atomic mass is 9.89. The highest BCUT2D eigenvalue weighted by molar-refractivity contribution is 5.56. The van der Waals surface area contributed by atoms with Gasteiger partial charge in [0, 0.05) is 38.5 Å². The lowest BCUT2D eigenvalue weighted by Crippen LogP contribution is -2.45. The van der Waals surface area contributed by atoms with E-state index in [1.165, 1.54) is 49.0 Å². The van der Waals surface area contributed by atoms with Crippen LogP contribution in [0.3, 0.4) is 0 Å². The summed E-state index contributed by atoms with van der Waals surface area (Å²) < 4.78 is 5.60. The van der Waals surface area contributed by atoms with E-state index in [2.05, 4.69) is 42.4 Å². The van der Waals surface area contributed by atoms with Crippen LogP contribution < -0.4 is 10.2 Å². The maximum atomic E-state index is 5.60. The summed E-state index contributed by atoms with van der Waals surface area (Å²) in [5.74, 6) is 0. The molecule has 1 fully saturated rings. The Bertz CT molecular complexity index is 454. The van der Waals surface area contributed by atoms with Crippen molar-refractivity contribution in [1.29, 1.82) is 0 Å². The topological polar surface area (TPSA) is 24.5 Å². The van der Waals surface area contributed by atoms with Crippen molar-refractivity contribution in [1.82, 2.24) is 5.32 Å². The minimum Gasteiger partial charge on any atom is -0.378 e. The summed E-state index contributed by atoms with van der Waals surface area (Å²) in [7, 11) is 2.19. The van der Waals surface area contributed by atoms with Crippen LogP contribution in [0.5, 0.6) is 0 Å². The maximum absolute atomic E-state index is 5.60. The van der Waals surface area contributed by atoms with Gasteiger partial charge in [0.15, 0.2) is 0 Å². The SMILES string of the molecule is CCOC1CC(NCc2ccc3c(c2)CCCN3C)C1. The molecule has 0 saturated heterocycles. The van der Waals surface area contributed by atoms with Crippen LogP contribution in [0.2, 0.25) is 0 Å². The third-order valence-corrected chi connectivity index (χ3v) is 4.59. The van der Waals surface area contributed by atoms with E-state index in [0.29, 0.717) is 12.1 Å². The van der Waals surface area contributed by atoms with Crippen molar-refractivity contribution in [2.45, 2.75) is 51.3 Å². The van der Waals surface area contributed by atoms with E-state index in [-0.39, 0.29) is 0 Å². The van der Waals surface area contributed by atoms with Crippen LogP contribution >= 0.6 is 0 Å². The lowest BCUT2D eigenvalue weighted by molar-refractivity contribution is -0.0102. The molecule has 0 aromatic heterocycles. The Morgan fingerprint density at radius 3 is 3.00 bits per heavy atom. The van der Waals surface area contributed by atoms with Gasteiger partial charge in [0.2, 0.25) is 0 Å². The molecule has 0 amide bonds. The average molecular weight is 274 g/mol. The van der Waals surface area contributed by atoms with Crippen LogP contribution in [-0.4, -0.2) is 32.3 Å². The molecule has 3 nitrogen and oxygen atoms in total. The summed E-state index contributed by atoms with van der Waals surface area (Å²) in [6, 6.07) is 7.59. The van der Waals surface area contributed by atoms with Crippen LogP contribution in [0.15, 0.2) is 18.2 Å². The highest BCUT2D eigenvalue weighted by Gasteiger charge is 2.28. The third-order valence-electron chi connectivity index (χ3n) is 4.59. The van der Waals surface area contributed by atoms with Crippen molar-refractivity contribution in [2.24, 2.45) is 0 Å². The number of anilines is 1. The summed E-state index contributed by atoms with van der Waals surface area (Å²) in [5, 5.41) is 3.65. The third kappa shape index (κ3) is 2.99. The highest BCUT2D eigenvalue weighted by Crippen LogP contribution is 2.27. The van der Waals surface area contributed by atoms with E-state index in [9.17, 15) is 0 Å². The second-order valence-electron chi connectivity index (χ2n) is 6.11. The fourth-order valence-corrected chi connectivity index (χ4v) is 3.31. The normalized spacial score (nSPS) is 25.2. The van der Waals surface area contributed by atoms with Crippen molar-refractivity contribution in [3.05, 3.63) is 29.3 Å². The fraction of sp³-hybridized carbons (Fsp3) is 0.647. The van der Waals surface area contributed by atoms with Crippen molar-refractivity contribution >= 4 is 5.69 Å². The Hall–Kier alpha value is -1.06. The number of rotatable bonds is 5. The smallest absolute Gasteiger partial charge is 0.0604 e. The number of nitrogens with one attached hydrogen (secondary N) is 1. The van der Waals surface area contributed by atoms with Crippen LogP contribution in [0.4, 0.5) is 5.69 Å². The molecule has 0 atom stereocenters. The van der Waals surface area contributed by atoms with E-state index >= 15 is 0 Å². The summed E-state index contributed by atoms with van der Waals surface area (Å²) >= 11 is 0. The maximum Gasteiger partial charge on any atom is 0.0604 e. The van der Waals surface area contributed by atoms with Crippen molar-refractivity contribution < 1.29 is 4.74 Å². The van der Waals surface area contributed by atoms with Crippen LogP contribution in [0.25, 0.3) is 0 Å². The van der Waals surface area contributed by atoms with Gasteiger partial charge in [-0.25, -0.2) is 0 Å². The van der Waals surface area contributed by atoms with E-state index in [1.54, 1.807) is 0 Å². The van der Waals surface area contributed by atoms with Crippen LogP contribution in [0, 0.1) is 0 Å². The zero-order valence-corrected chi connectivity index (χ0v) is 12.7. The summed E-state index contributed by atoms with van der Waals surface area (Å²) in [6.45, 7) is 5.09. The number of hydrogen-bond acceptors (Lipinski definition) is 3. The minimum atomic E-state index is 0.495. The molecule has 1 aromatic rings. The Labute approximate surface area is 122 Å². The molecule has 110 valence electrons. The zero-order valence-electron chi connectivity index (χ0n) is 12.7. The van der Waals surface area contributed by atoms with Gasteiger partial charge >= 0.3 is 0 Å². The van der Waals surface area contributed by atoms with E-state index in [0.717, 1.165) is 13.2 Å². The average Bonchev–Trinajstić information content (AvgIpc) is 2.41. The number of hydrogen-bond donors (Lipinski definition) is 1. The van der Waals surface area contributed by atoms with Gasteiger partial charge in [-0.3, -0.25) is 0 Å². The van der Waals surface area contributed by atoms with Gasteiger partial charge in [-0.2, -0.15) is 0 Å². The van der Waals surface area contributed by atoms with Gasteiger partial charge < -0.3 is 15.0 Å². The molecule has 0 unspecified atom stereocenters. The molecule has 0 radical (unpaired) electrons. The monoisotopic (exact) mass is 274 g/mol. The summed E-state index contributed by atoms with van der Waals surface area (Å²) in [6.07, 6.45) is 5.33. The molecule has 1 aliphatic heterocycles. The van der Waals surface area contributed by atoms with Crippen molar-refractivity contribution in [3.63, 3.8) is 0 Å². The number of nitrogens with zero attached hydrogens (tertiary/aromatic N) is 1. The minimum absolute atomic E-state index is 0.495. The molecule has 1 saturated carbocycles. The van der Waals surface area contributed by atoms with Gasteiger partial charge in [0.05, 0.1) is 6.10 Å². The molecular weight excluding hydrogens is 248 g/mol. The molecule has 0 spiro atoms. The standard InChI is InChI=1S/C17H26N2O/c1-3-20-16-10-15(11-16)18-12-13-6-7-17-14(9-13)5-4-8-19(17)2/h6-7,9,15-16,18H,3-5,8,10-12H2,1-2H3. The van der Waals surface area contributed by atoms with Gasteiger partial charge in [-0.05, 0) is 49.8 Å². The molecule has 3 rings (SSSR count). The quantitative estimate of drug-likeness (QED) is 0.893. The Morgan fingerprint density at radius 1 is 1.35 bits per heavy atom. The Morgan fingerprint density at radius 2 is 2.20 bits per heavy atom. The zero-order chi connectivity index (χ0) is 13.9. The molecule has 1 aromatic carbocycles. The molecule has 0 bridgehead atoms. The first-order chi connectivity index (χ1) is 9.76. The van der Waals surface area contributed by atoms with Crippen molar-refractivity contribution in [2.75, 3.05) is 25.1 Å². The molecule has 1 N–H and O–H groups in total. The summed E-state index contributed by atoms with van der Waals surface area (Å²) in [5.41, 5.74) is 4.35. The predicted octanol–water partition coefficient (Wildman–Crippen LogP) is 2.73. The van der Waals surface area contributed by atoms with E-state index < -0.39 is 0 Å². The first-order valence-electron chi connectivity index (χ1n) is 7.94. The Kier molecular flexibility index (Phi) is 4.27. The van der Waals surface area contributed by atoms with Crippen LogP contribution in [-0.2, 0) is 17.7 Å². The first kappa shape index (κ1) is 13.9. The Balaban J connectivity index is 1.52. The van der Waals surface area contributed by atoms with Gasteiger partial charge in [-0.1, -0.05) is 12.1 Å². The summed E-state index contributed by atoms with van der Waals surface area (Å²) in [4.78, 5) is 2.37. The predicted molar refractivity (Wildman–Crippen MR) is 83.3 cm³/mol. The van der Waals surface area contributed by atoms with Gasteiger partial charge in [0.1, 0.15) is 0 Å². The molecule has 20 heavy (non-hydrogen) atoms. The fourth-order valence-electron chi connectivity index (χ4n) is 3.31. The second-order valence-corrected chi connectivity index (χ2v) is 6.11. The van der Waals surface area contributed by atoms with E-state index in [4.69, 9.17) is 4.74 Å². The molecule has 1 aliphatic carbocycles. The lowest BCUT2D eigenvalue weighted by Gasteiger charge is -2.35. The second kappa shape index (κ2) is 6.15. The largest absolute Gasteiger partial charge is 0.378 e. The molecule has 1 heterocycles. The van der Waals surface area contributed by atoms with Gasteiger partial charge in [0.25, 0.3) is 0 Å². The highest BCUT2D eigenvalue weighted by atomic mass is 16.5. The molecular formula is C17H26N2O.